The minimum absolute atomic E-state index is 0.225. The molecule has 0 spiro atoms. The second kappa shape index (κ2) is 6.73. The summed E-state index contributed by atoms with van der Waals surface area (Å²) in [5.74, 6) is 0. The summed E-state index contributed by atoms with van der Waals surface area (Å²) in [6, 6.07) is 2.00. The first-order valence-corrected chi connectivity index (χ1v) is 10.6. The van der Waals surface area contributed by atoms with Gasteiger partial charge in [0.2, 0.25) is 10.0 Å². The summed E-state index contributed by atoms with van der Waals surface area (Å²) >= 11 is 2.85. The number of hydrogen-bond donors (Lipinski definition) is 1. The van der Waals surface area contributed by atoms with Crippen LogP contribution in [-0.4, -0.2) is 56.5 Å². The van der Waals surface area contributed by atoms with Crippen LogP contribution in [0.3, 0.4) is 0 Å². The van der Waals surface area contributed by atoms with Crippen molar-refractivity contribution in [3.63, 3.8) is 0 Å². The van der Waals surface area contributed by atoms with E-state index in [1.54, 1.807) is 18.0 Å². The highest BCUT2D eigenvalue weighted by atomic mass is 32.3. The Labute approximate surface area is 145 Å². The number of primary sulfonamides is 1. The Morgan fingerprint density at radius 2 is 2.04 bits per heavy atom. The molecule has 0 aliphatic carbocycles. The molecule has 0 unspecified atom stereocenters. The lowest BCUT2D eigenvalue weighted by molar-refractivity contribution is 0.0405. The SMILES string of the molecule is CC(C)N1Sc2sc(S(N)(=O)=O)cc2C=C1CN1CCOCC1. The fourth-order valence-corrected chi connectivity index (χ4v) is 5.88. The maximum Gasteiger partial charge on any atom is 0.247 e. The number of rotatable bonds is 4. The number of ether oxygens (including phenoxy) is 1. The molecule has 2 aliphatic heterocycles. The van der Waals surface area contributed by atoms with Crippen molar-refractivity contribution in [3.8, 4) is 0 Å². The normalized spacial score (nSPS) is 19.8. The minimum Gasteiger partial charge on any atom is -0.379 e. The average molecular weight is 376 g/mol. The van der Waals surface area contributed by atoms with Gasteiger partial charge < -0.3 is 9.04 Å². The Balaban J connectivity index is 1.89. The molecule has 2 aliphatic rings. The summed E-state index contributed by atoms with van der Waals surface area (Å²) in [6.07, 6.45) is 2.09. The fraction of sp³-hybridized carbons (Fsp3) is 0.571. The molecule has 0 bridgehead atoms. The second-order valence-corrected chi connectivity index (χ2v) is 9.97. The predicted molar refractivity (Wildman–Crippen MR) is 93.8 cm³/mol. The van der Waals surface area contributed by atoms with Gasteiger partial charge in [-0.3, -0.25) is 4.90 Å². The van der Waals surface area contributed by atoms with E-state index in [9.17, 15) is 8.42 Å². The molecular weight excluding hydrogens is 354 g/mol. The molecule has 1 fully saturated rings. The molecule has 0 amide bonds. The number of thiophene rings is 1. The van der Waals surface area contributed by atoms with Crippen LogP contribution in [0, 0.1) is 0 Å². The molecule has 0 saturated carbocycles. The van der Waals surface area contributed by atoms with Gasteiger partial charge in [-0.2, -0.15) is 0 Å². The number of fused-ring (bicyclic) bond motifs is 1. The highest BCUT2D eigenvalue weighted by molar-refractivity contribution is 7.99. The summed E-state index contributed by atoms with van der Waals surface area (Å²) in [4.78, 5) is 2.36. The molecule has 0 aromatic carbocycles. The van der Waals surface area contributed by atoms with E-state index in [4.69, 9.17) is 9.88 Å². The van der Waals surface area contributed by atoms with Crippen LogP contribution in [0.1, 0.15) is 19.4 Å². The first-order chi connectivity index (χ1) is 10.8. The average Bonchev–Trinajstić information content (AvgIpc) is 2.90. The molecule has 9 heteroatoms. The number of hydrogen-bond acceptors (Lipinski definition) is 7. The van der Waals surface area contributed by atoms with Crippen LogP contribution >= 0.6 is 23.3 Å². The van der Waals surface area contributed by atoms with Crippen LogP contribution in [0.5, 0.6) is 0 Å². The molecule has 2 N–H and O–H groups in total. The van der Waals surface area contributed by atoms with Gasteiger partial charge in [0.05, 0.1) is 17.4 Å². The van der Waals surface area contributed by atoms with Gasteiger partial charge in [-0.05, 0) is 37.9 Å². The van der Waals surface area contributed by atoms with Crippen molar-refractivity contribution in [2.45, 2.75) is 28.3 Å². The van der Waals surface area contributed by atoms with Gasteiger partial charge in [0.1, 0.15) is 4.21 Å². The Morgan fingerprint density at radius 1 is 1.35 bits per heavy atom. The van der Waals surface area contributed by atoms with Gasteiger partial charge in [0, 0.05) is 36.9 Å². The minimum atomic E-state index is -3.65. The largest absolute Gasteiger partial charge is 0.379 e. The highest BCUT2D eigenvalue weighted by Gasteiger charge is 2.27. The number of sulfonamides is 1. The Morgan fingerprint density at radius 3 is 2.65 bits per heavy atom. The van der Waals surface area contributed by atoms with Crippen LogP contribution in [-0.2, 0) is 14.8 Å². The lowest BCUT2D eigenvalue weighted by Crippen LogP contribution is -2.40. The lowest BCUT2D eigenvalue weighted by Gasteiger charge is -2.36. The van der Waals surface area contributed by atoms with E-state index in [1.807, 2.05) is 0 Å². The molecule has 6 nitrogen and oxygen atoms in total. The van der Waals surface area contributed by atoms with Crippen LogP contribution in [0.15, 0.2) is 20.2 Å². The van der Waals surface area contributed by atoms with Crippen molar-refractivity contribution in [1.82, 2.24) is 9.21 Å². The quantitative estimate of drug-likeness (QED) is 0.809. The van der Waals surface area contributed by atoms with Crippen LogP contribution in [0.25, 0.3) is 6.08 Å². The van der Waals surface area contributed by atoms with E-state index >= 15 is 0 Å². The van der Waals surface area contributed by atoms with Crippen molar-refractivity contribution in [2.24, 2.45) is 5.14 Å². The van der Waals surface area contributed by atoms with Gasteiger partial charge >= 0.3 is 0 Å². The molecule has 0 radical (unpaired) electrons. The zero-order valence-corrected chi connectivity index (χ0v) is 15.6. The first-order valence-electron chi connectivity index (χ1n) is 7.49. The number of nitrogens with two attached hydrogens (primary N) is 1. The van der Waals surface area contributed by atoms with Gasteiger partial charge in [0.15, 0.2) is 0 Å². The Hall–Kier alpha value is -0.580. The maximum absolute atomic E-state index is 11.6. The van der Waals surface area contributed by atoms with E-state index in [2.05, 4.69) is 29.1 Å². The van der Waals surface area contributed by atoms with Crippen molar-refractivity contribution >= 4 is 39.4 Å². The predicted octanol–water partition coefficient (Wildman–Crippen LogP) is 1.80. The van der Waals surface area contributed by atoms with Crippen LogP contribution < -0.4 is 5.14 Å². The van der Waals surface area contributed by atoms with Crippen molar-refractivity contribution in [3.05, 3.63) is 17.3 Å². The third-order valence-electron chi connectivity index (χ3n) is 3.73. The van der Waals surface area contributed by atoms with E-state index in [0.29, 0.717) is 6.04 Å². The standard InChI is InChI=1S/C14H21N3O3S3/c1-10(2)17-12(9-16-3-5-20-6-4-16)7-11-8-13(23(15,18)19)21-14(11)22-17/h7-8,10H,3-6,9H2,1-2H3,(H2,15,18,19). The van der Waals surface area contributed by atoms with Crippen molar-refractivity contribution in [1.29, 1.82) is 0 Å². The second-order valence-electron chi connectivity index (χ2n) is 5.89. The van der Waals surface area contributed by atoms with Gasteiger partial charge in [-0.1, -0.05) is 0 Å². The highest BCUT2D eigenvalue weighted by Crippen LogP contribution is 2.43. The molecular formula is C14H21N3O3S3. The molecule has 0 atom stereocenters. The summed E-state index contributed by atoms with van der Waals surface area (Å²) in [5, 5.41) is 5.26. The van der Waals surface area contributed by atoms with E-state index in [0.717, 1.165) is 42.6 Å². The summed E-state index contributed by atoms with van der Waals surface area (Å²) in [7, 11) is -3.65. The summed E-state index contributed by atoms with van der Waals surface area (Å²) in [6.45, 7) is 8.50. The van der Waals surface area contributed by atoms with Gasteiger partial charge in [-0.25, -0.2) is 13.6 Å². The monoisotopic (exact) mass is 375 g/mol. The van der Waals surface area contributed by atoms with Crippen molar-refractivity contribution in [2.75, 3.05) is 32.8 Å². The van der Waals surface area contributed by atoms with Gasteiger partial charge in [0.25, 0.3) is 0 Å². The van der Waals surface area contributed by atoms with Gasteiger partial charge in [-0.15, -0.1) is 11.3 Å². The zero-order chi connectivity index (χ0) is 16.6. The molecule has 3 heterocycles. The lowest BCUT2D eigenvalue weighted by atomic mass is 10.2. The molecule has 3 rings (SSSR count). The van der Waals surface area contributed by atoms with Crippen LogP contribution in [0.2, 0.25) is 0 Å². The fourth-order valence-electron chi connectivity index (χ4n) is 2.61. The topological polar surface area (TPSA) is 75.9 Å². The van der Waals surface area contributed by atoms with E-state index < -0.39 is 10.0 Å². The molecule has 1 aromatic rings. The molecule has 128 valence electrons. The maximum atomic E-state index is 11.6. The van der Waals surface area contributed by atoms with Crippen molar-refractivity contribution < 1.29 is 13.2 Å². The summed E-state index contributed by atoms with van der Waals surface area (Å²) in [5.41, 5.74) is 2.14. The summed E-state index contributed by atoms with van der Waals surface area (Å²) < 4.78 is 32.0. The third kappa shape index (κ3) is 3.92. The van der Waals surface area contributed by atoms with E-state index in [1.165, 1.54) is 17.0 Å². The van der Waals surface area contributed by atoms with Crippen LogP contribution in [0.4, 0.5) is 0 Å². The first kappa shape index (κ1) is 17.2. The number of morpholine rings is 1. The zero-order valence-electron chi connectivity index (χ0n) is 13.2. The Bertz CT molecular complexity index is 706. The Kier molecular flexibility index (Phi) is 5.05. The molecule has 1 saturated heterocycles. The molecule has 1 aromatic heterocycles. The molecule has 23 heavy (non-hydrogen) atoms. The smallest absolute Gasteiger partial charge is 0.247 e. The van der Waals surface area contributed by atoms with E-state index in [-0.39, 0.29) is 4.21 Å². The third-order valence-corrected chi connectivity index (χ3v) is 7.82. The number of nitrogens with zero attached hydrogens (tertiary/aromatic N) is 2.